The Morgan fingerprint density at radius 2 is 2.03 bits per heavy atom. The number of aromatic nitrogens is 5. The summed E-state index contributed by atoms with van der Waals surface area (Å²) in [5.41, 5.74) is 8.75. The van der Waals surface area contributed by atoms with Crippen LogP contribution >= 0.6 is 0 Å². The molecule has 1 fully saturated rings. The molecule has 9 heteroatoms. The zero-order valence-corrected chi connectivity index (χ0v) is 18.0. The number of primary amides is 1. The molecule has 4 aromatic rings. The van der Waals surface area contributed by atoms with Crippen molar-refractivity contribution in [1.82, 2.24) is 24.1 Å². The van der Waals surface area contributed by atoms with Crippen LogP contribution in [0, 0.1) is 0 Å². The van der Waals surface area contributed by atoms with Gasteiger partial charge in [0.1, 0.15) is 17.0 Å². The predicted octanol–water partition coefficient (Wildman–Crippen LogP) is 3.26. The normalized spacial score (nSPS) is 13.5. The zero-order valence-electron chi connectivity index (χ0n) is 18.0. The number of fused-ring (bicyclic) bond motifs is 2. The highest BCUT2D eigenvalue weighted by Crippen LogP contribution is 2.32. The van der Waals surface area contributed by atoms with Gasteiger partial charge in [-0.15, -0.1) is 0 Å². The van der Waals surface area contributed by atoms with Crippen molar-refractivity contribution in [1.29, 1.82) is 0 Å². The number of anilines is 1. The topological polar surface area (TPSA) is 112 Å². The van der Waals surface area contributed by atoms with Gasteiger partial charge in [-0.1, -0.05) is 0 Å². The van der Waals surface area contributed by atoms with E-state index in [9.17, 15) is 4.79 Å². The van der Waals surface area contributed by atoms with E-state index >= 15 is 0 Å². The van der Waals surface area contributed by atoms with E-state index in [0.29, 0.717) is 11.5 Å². The molecule has 31 heavy (non-hydrogen) atoms. The first-order valence-corrected chi connectivity index (χ1v) is 10.4. The Kier molecular flexibility index (Phi) is 5.85. The van der Waals surface area contributed by atoms with Crippen molar-refractivity contribution < 1.29 is 9.53 Å². The van der Waals surface area contributed by atoms with Crippen LogP contribution in [0.25, 0.3) is 27.9 Å². The number of hydrogen-bond donors (Lipinski definition) is 2. The summed E-state index contributed by atoms with van der Waals surface area (Å²) in [5.74, 6) is 0.157. The van der Waals surface area contributed by atoms with Gasteiger partial charge in [0.05, 0.1) is 11.9 Å². The number of nitrogens with zero attached hydrogens (tertiary/aromatic N) is 5. The van der Waals surface area contributed by atoms with Gasteiger partial charge in [-0.3, -0.25) is 4.79 Å². The molecule has 5 heterocycles. The maximum atomic E-state index is 11.7. The summed E-state index contributed by atoms with van der Waals surface area (Å²) < 4.78 is 8.63. The Balaban J connectivity index is 0.000000407. The van der Waals surface area contributed by atoms with Gasteiger partial charge in [0.15, 0.2) is 5.65 Å². The van der Waals surface area contributed by atoms with Crippen LogP contribution in [-0.2, 0) is 4.74 Å². The van der Waals surface area contributed by atoms with Gasteiger partial charge in [0, 0.05) is 55.7 Å². The highest BCUT2D eigenvalue weighted by molar-refractivity contribution is 6.00. The van der Waals surface area contributed by atoms with Crippen molar-refractivity contribution in [2.45, 2.75) is 32.7 Å². The third-order valence-electron chi connectivity index (χ3n) is 5.24. The Hall–Kier alpha value is -3.46. The van der Waals surface area contributed by atoms with Crippen LogP contribution in [0.3, 0.4) is 0 Å². The minimum Gasteiger partial charge on any atom is -0.381 e. The minimum absolute atomic E-state index is 0.254. The van der Waals surface area contributed by atoms with E-state index in [-0.39, 0.29) is 11.6 Å². The molecule has 0 spiro atoms. The van der Waals surface area contributed by atoms with Gasteiger partial charge in [0.25, 0.3) is 5.91 Å². The first-order chi connectivity index (χ1) is 15.0. The van der Waals surface area contributed by atoms with E-state index in [1.54, 1.807) is 17.8 Å². The molecule has 1 saturated heterocycles. The monoisotopic (exact) mass is 421 g/mol. The molecule has 0 bridgehead atoms. The first kappa shape index (κ1) is 20.8. The van der Waals surface area contributed by atoms with Crippen LogP contribution in [-0.4, -0.2) is 50.3 Å². The predicted molar refractivity (Wildman–Crippen MR) is 120 cm³/mol. The Bertz CT molecular complexity index is 1210. The summed E-state index contributed by atoms with van der Waals surface area (Å²) >= 11 is 0. The van der Waals surface area contributed by atoms with Crippen molar-refractivity contribution in [3.05, 3.63) is 42.4 Å². The van der Waals surface area contributed by atoms with Gasteiger partial charge in [0.2, 0.25) is 0 Å². The number of carbonyl (C=O) groups is 1. The van der Waals surface area contributed by atoms with E-state index in [1.165, 1.54) is 19.0 Å². The smallest absolute Gasteiger partial charge is 0.254 e. The van der Waals surface area contributed by atoms with E-state index in [2.05, 4.69) is 38.8 Å². The lowest BCUT2D eigenvalue weighted by Crippen LogP contribution is -2.11. The maximum Gasteiger partial charge on any atom is 0.254 e. The summed E-state index contributed by atoms with van der Waals surface area (Å²) in [6.07, 6.45) is 7.82. The second kappa shape index (κ2) is 8.73. The van der Waals surface area contributed by atoms with Crippen LogP contribution in [0.2, 0.25) is 0 Å². The molecule has 0 unspecified atom stereocenters. The molecule has 4 aromatic heterocycles. The number of hydrogen-bond acceptors (Lipinski definition) is 6. The minimum atomic E-state index is -0.557. The summed E-state index contributed by atoms with van der Waals surface area (Å²) in [7, 11) is 1.79. The highest BCUT2D eigenvalue weighted by Gasteiger charge is 2.19. The fourth-order valence-corrected chi connectivity index (χ4v) is 3.64. The van der Waals surface area contributed by atoms with Crippen molar-refractivity contribution in [3.63, 3.8) is 0 Å². The number of ether oxygens (including phenoxy) is 1. The lowest BCUT2D eigenvalue weighted by Gasteiger charge is -2.08. The largest absolute Gasteiger partial charge is 0.381 e. The maximum absolute atomic E-state index is 11.7. The third-order valence-corrected chi connectivity index (χ3v) is 5.24. The number of carbonyl (C=O) groups excluding carboxylic acids is 1. The number of amides is 1. The first-order valence-electron chi connectivity index (χ1n) is 10.4. The molecular formula is C22H27N7O2. The average Bonchev–Trinajstić information content (AvgIpc) is 3.53. The van der Waals surface area contributed by atoms with Crippen molar-refractivity contribution in [2.75, 3.05) is 25.6 Å². The molecule has 0 aromatic carbocycles. The Morgan fingerprint density at radius 3 is 2.65 bits per heavy atom. The van der Waals surface area contributed by atoms with Crippen LogP contribution in [0.4, 0.5) is 5.82 Å². The summed E-state index contributed by atoms with van der Waals surface area (Å²) in [6.45, 7) is 6.21. The van der Waals surface area contributed by atoms with Crippen LogP contribution in [0.15, 0.2) is 36.8 Å². The number of pyridine rings is 1. The summed E-state index contributed by atoms with van der Waals surface area (Å²) in [6, 6.07) is 6.08. The Morgan fingerprint density at radius 1 is 1.26 bits per heavy atom. The van der Waals surface area contributed by atoms with Gasteiger partial charge in [-0.25, -0.2) is 9.97 Å². The fourth-order valence-electron chi connectivity index (χ4n) is 3.64. The molecule has 3 N–H and O–H groups in total. The fraction of sp³-hybridized carbons (Fsp3) is 0.364. The van der Waals surface area contributed by atoms with Crippen molar-refractivity contribution in [3.8, 4) is 11.3 Å². The molecule has 1 aliphatic rings. The van der Waals surface area contributed by atoms with Gasteiger partial charge >= 0.3 is 0 Å². The van der Waals surface area contributed by atoms with Crippen LogP contribution < -0.4 is 11.1 Å². The van der Waals surface area contributed by atoms with E-state index < -0.39 is 5.91 Å². The molecule has 162 valence electrons. The van der Waals surface area contributed by atoms with E-state index in [4.69, 9.17) is 10.5 Å². The molecule has 0 radical (unpaired) electrons. The number of nitrogens with two attached hydrogens (primary N) is 1. The Labute approximate surface area is 180 Å². The molecular weight excluding hydrogens is 394 g/mol. The number of nitrogens with one attached hydrogen (secondary N) is 1. The summed E-state index contributed by atoms with van der Waals surface area (Å²) in [4.78, 5) is 20.9. The molecule has 0 saturated carbocycles. The number of rotatable bonds is 4. The lowest BCUT2D eigenvalue weighted by atomic mass is 10.1. The second-order valence-electron chi connectivity index (χ2n) is 7.67. The molecule has 0 atom stereocenters. The van der Waals surface area contributed by atoms with E-state index in [1.807, 2.05) is 24.4 Å². The molecule has 0 aliphatic carbocycles. The summed E-state index contributed by atoms with van der Waals surface area (Å²) in [5, 5.41) is 8.31. The van der Waals surface area contributed by atoms with Crippen molar-refractivity contribution >= 4 is 28.4 Å². The SMILES string of the molecule is C1CCOC1.CNc1cc(-c2cn(C(C)C)c3ncccc23)nc2c(C(N)=O)cnn12. The van der Waals surface area contributed by atoms with Gasteiger partial charge < -0.3 is 20.4 Å². The quantitative estimate of drug-likeness (QED) is 0.523. The molecule has 1 amide bonds. The lowest BCUT2D eigenvalue weighted by molar-refractivity contribution is 0.100. The van der Waals surface area contributed by atoms with Crippen LogP contribution in [0.5, 0.6) is 0 Å². The standard InChI is InChI=1S/C18H19N7O.C4H8O/c1-10(2)24-9-13(11-5-4-6-21-17(11)24)14-7-15(20-3)25-18(23-14)12(8-22-25)16(19)26;1-2-4-5-3-1/h4-10,20H,1-3H3,(H2,19,26);1-4H2. The zero-order chi connectivity index (χ0) is 22.0. The van der Waals surface area contributed by atoms with Gasteiger partial charge in [-0.2, -0.15) is 9.61 Å². The van der Waals surface area contributed by atoms with E-state index in [0.717, 1.165) is 35.5 Å². The third kappa shape index (κ3) is 3.96. The molecule has 1 aliphatic heterocycles. The van der Waals surface area contributed by atoms with Gasteiger partial charge in [-0.05, 0) is 38.8 Å². The highest BCUT2D eigenvalue weighted by atomic mass is 16.5. The molecule has 9 nitrogen and oxygen atoms in total. The van der Waals surface area contributed by atoms with Crippen molar-refractivity contribution in [2.24, 2.45) is 5.73 Å². The average molecular weight is 422 g/mol. The molecule has 5 rings (SSSR count). The van der Waals surface area contributed by atoms with Crippen LogP contribution in [0.1, 0.15) is 43.1 Å². The second-order valence-corrected chi connectivity index (χ2v) is 7.67.